The summed E-state index contributed by atoms with van der Waals surface area (Å²) < 4.78 is 5.40. The molecular weight excluding hydrogens is 376 g/mol. The Hall–Kier alpha value is -2.66. The van der Waals surface area contributed by atoms with Crippen molar-refractivity contribution in [3.8, 4) is 0 Å². The van der Waals surface area contributed by atoms with Crippen LogP contribution in [-0.4, -0.2) is 61.0 Å². The minimum Gasteiger partial charge on any atom is -0.462 e. The zero-order valence-corrected chi connectivity index (χ0v) is 17.6. The van der Waals surface area contributed by atoms with Crippen LogP contribution in [0.3, 0.4) is 0 Å². The highest BCUT2D eigenvalue weighted by atomic mass is 16.5. The summed E-state index contributed by atoms with van der Waals surface area (Å²) in [5.74, 6) is -0.260. The SMILES string of the molecule is O=CN1CCCC1CN(CCCCOC(=O)c1ccccc1)CCc1ccccc1. The number of carbonyl (C=O) groups excluding carboxylic acids is 2. The van der Waals surface area contributed by atoms with Gasteiger partial charge in [0.2, 0.25) is 6.41 Å². The third-order valence-electron chi connectivity index (χ3n) is 5.70. The smallest absolute Gasteiger partial charge is 0.338 e. The van der Waals surface area contributed by atoms with Crippen molar-refractivity contribution < 1.29 is 14.3 Å². The van der Waals surface area contributed by atoms with Crippen molar-refractivity contribution in [1.29, 1.82) is 0 Å². The van der Waals surface area contributed by atoms with Crippen LogP contribution < -0.4 is 0 Å². The Morgan fingerprint density at radius 1 is 1.03 bits per heavy atom. The standard InChI is InChI=1S/C25H32N2O3/c28-21-27-17-9-14-24(27)20-26(18-15-22-10-3-1-4-11-22)16-7-8-19-30-25(29)23-12-5-2-6-13-23/h1-6,10-13,21,24H,7-9,14-20H2. The van der Waals surface area contributed by atoms with Crippen LogP contribution in [0.1, 0.15) is 41.6 Å². The minimum atomic E-state index is -0.260. The lowest BCUT2D eigenvalue weighted by molar-refractivity contribution is -0.119. The number of rotatable bonds is 12. The van der Waals surface area contributed by atoms with Gasteiger partial charge < -0.3 is 14.5 Å². The molecule has 2 aromatic rings. The molecule has 2 aromatic carbocycles. The van der Waals surface area contributed by atoms with E-state index in [9.17, 15) is 9.59 Å². The molecule has 0 radical (unpaired) electrons. The molecule has 1 atom stereocenters. The Morgan fingerprint density at radius 3 is 2.50 bits per heavy atom. The molecule has 5 heteroatoms. The van der Waals surface area contributed by atoms with Crippen LogP contribution in [0.15, 0.2) is 60.7 Å². The van der Waals surface area contributed by atoms with Crippen LogP contribution in [0, 0.1) is 0 Å². The first-order chi connectivity index (χ1) is 14.8. The highest BCUT2D eigenvalue weighted by Crippen LogP contribution is 2.17. The molecule has 1 unspecified atom stereocenters. The van der Waals surface area contributed by atoms with Gasteiger partial charge in [0, 0.05) is 25.7 Å². The van der Waals surface area contributed by atoms with Crippen LogP contribution >= 0.6 is 0 Å². The first kappa shape index (κ1) is 22.0. The highest BCUT2D eigenvalue weighted by molar-refractivity contribution is 5.89. The number of benzene rings is 2. The molecule has 3 rings (SSSR count). The molecule has 5 nitrogen and oxygen atoms in total. The third kappa shape index (κ3) is 6.99. The molecule has 1 aliphatic rings. The van der Waals surface area contributed by atoms with E-state index in [2.05, 4.69) is 29.2 Å². The van der Waals surface area contributed by atoms with Gasteiger partial charge in [-0.3, -0.25) is 4.79 Å². The number of hydrogen-bond donors (Lipinski definition) is 0. The molecule has 0 spiro atoms. The topological polar surface area (TPSA) is 49.9 Å². The van der Waals surface area contributed by atoms with Crippen molar-refractivity contribution in [3.63, 3.8) is 0 Å². The summed E-state index contributed by atoms with van der Waals surface area (Å²) in [5, 5.41) is 0. The molecule has 1 heterocycles. The molecule has 1 fully saturated rings. The van der Waals surface area contributed by atoms with Crippen LogP contribution in [0.4, 0.5) is 0 Å². The predicted octanol–water partition coefficient (Wildman–Crippen LogP) is 3.79. The lowest BCUT2D eigenvalue weighted by atomic mass is 10.1. The maximum absolute atomic E-state index is 12.0. The molecule has 0 saturated carbocycles. The monoisotopic (exact) mass is 408 g/mol. The third-order valence-corrected chi connectivity index (χ3v) is 5.70. The van der Waals surface area contributed by atoms with Crippen LogP contribution in [0.25, 0.3) is 0 Å². The Bertz CT molecular complexity index is 766. The Labute approximate surface area is 179 Å². The average molecular weight is 409 g/mol. The summed E-state index contributed by atoms with van der Waals surface area (Å²) in [4.78, 5) is 27.7. The maximum Gasteiger partial charge on any atom is 0.338 e. The van der Waals surface area contributed by atoms with Crippen LogP contribution in [-0.2, 0) is 16.0 Å². The second-order valence-corrected chi connectivity index (χ2v) is 7.88. The van der Waals surface area contributed by atoms with Crippen LogP contribution in [0.2, 0.25) is 0 Å². The number of esters is 1. The van der Waals surface area contributed by atoms with Gasteiger partial charge in [0.25, 0.3) is 0 Å². The van der Waals surface area contributed by atoms with Gasteiger partial charge in [0.15, 0.2) is 0 Å². The van der Waals surface area contributed by atoms with E-state index in [1.807, 2.05) is 29.2 Å². The Morgan fingerprint density at radius 2 is 1.77 bits per heavy atom. The van der Waals surface area contributed by atoms with Gasteiger partial charge in [-0.15, -0.1) is 0 Å². The van der Waals surface area contributed by atoms with Gasteiger partial charge in [-0.25, -0.2) is 4.79 Å². The van der Waals surface area contributed by atoms with Gasteiger partial charge in [-0.2, -0.15) is 0 Å². The molecular formula is C25H32N2O3. The van der Waals surface area contributed by atoms with Gasteiger partial charge in [-0.1, -0.05) is 48.5 Å². The molecule has 30 heavy (non-hydrogen) atoms. The predicted molar refractivity (Wildman–Crippen MR) is 118 cm³/mol. The van der Waals surface area contributed by atoms with E-state index < -0.39 is 0 Å². The van der Waals surface area contributed by atoms with Crippen molar-refractivity contribution in [2.45, 2.75) is 38.1 Å². The average Bonchev–Trinajstić information content (AvgIpc) is 3.25. The van der Waals surface area contributed by atoms with Crippen molar-refractivity contribution >= 4 is 12.4 Å². The number of ether oxygens (including phenoxy) is 1. The fourth-order valence-electron chi connectivity index (χ4n) is 3.98. The normalized spacial score (nSPS) is 16.0. The van der Waals surface area contributed by atoms with Crippen molar-refractivity contribution in [2.24, 2.45) is 0 Å². The summed E-state index contributed by atoms with van der Waals surface area (Å²) in [7, 11) is 0. The Balaban J connectivity index is 1.44. The summed E-state index contributed by atoms with van der Waals surface area (Å²) in [6.45, 7) is 4.13. The minimum absolute atomic E-state index is 0.260. The number of unbranched alkanes of at least 4 members (excludes halogenated alkanes) is 1. The molecule has 1 saturated heterocycles. The highest BCUT2D eigenvalue weighted by Gasteiger charge is 2.25. The maximum atomic E-state index is 12.0. The molecule has 160 valence electrons. The Kier molecular flexibility index (Phi) is 8.91. The zero-order valence-electron chi connectivity index (χ0n) is 17.6. The quantitative estimate of drug-likeness (QED) is 0.305. The largest absolute Gasteiger partial charge is 0.462 e. The number of amides is 1. The van der Waals surface area contributed by atoms with Crippen LogP contribution in [0.5, 0.6) is 0 Å². The van der Waals surface area contributed by atoms with Gasteiger partial charge in [-0.05, 0) is 56.3 Å². The van der Waals surface area contributed by atoms with E-state index in [0.29, 0.717) is 18.2 Å². The van der Waals surface area contributed by atoms with Gasteiger partial charge >= 0.3 is 5.97 Å². The summed E-state index contributed by atoms with van der Waals surface area (Å²) in [6.07, 6.45) is 5.96. The molecule has 0 aromatic heterocycles. The number of hydrogen-bond acceptors (Lipinski definition) is 4. The number of likely N-dealkylation sites (tertiary alicyclic amines) is 1. The lowest BCUT2D eigenvalue weighted by Crippen LogP contribution is -2.41. The van der Waals surface area contributed by atoms with Crippen molar-refractivity contribution in [1.82, 2.24) is 9.80 Å². The van der Waals surface area contributed by atoms with Crippen molar-refractivity contribution in [3.05, 3.63) is 71.8 Å². The van der Waals surface area contributed by atoms with E-state index in [1.165, 1.54) is 5.56 Å². The van der Waals surface area contributed by atoms with E-state index in [-0.39, 0.29) is 5.97 Å². The van der Waals surface area contributed by atoms with Gasteiger partial charge in [0.05, 0.1) is 12.2 Å². The summed E-state index contributed by atoms with van der Waals surface area (Å²) >= 11 is 0. The molecule has 0 N–H and O–H groups in total. The fourth-order valence-corrected chi connectivity index (χ4v) is 3.98. The first-order valence-electron chi connectivity index (χ1n) is 11.0. The second kappa shape index (κ2) is 12.1. The van der Waals surface area contributed by atoms with E-state index in [4.69, 9.17) is 4.74 Å². The van der Waals surface area contributed by atoms with E-state index in [1.54, 1.807) is 12.1 Å². The fraction of sp³-hybridized carbons (Fsp3) is 0.440. The number of carbonyl (C=O) groups is 2. The second-order valence-electron chi connectivity index (χ2n) is 7.88. The molecule has 0 bridgehead atoms. The summed E-state index contributed by atoms with van der Waals surface area (Å²) in [5.41, 5.74) is 1.93. The van der Waals surface area contributed by atoms with Gasteiger partial charge in [0.1, 0.15) is 0 Å². The lowest BCUT2D eigenvalue weighted by Gasteiger charge is -2.29. The zero-order chi connectivity index (χ0) is 21.0. The first-order valence-corrected chi connectivity index (χ1v) is 11.0. The summed E-state index contributed by atoms with van der Waals surface area (Å²) in [6, 6.07) is 19.9. The number of nitrogens with zero attached hydrogens (tertiary/aromatic N) is 2. The van der Waals surface area contributed by atoms with E-state index in [0.717, 1.165) is 64.7 Å². The van der Waals surface area contributed by atoms with E-state index >= 15 is 0 Å². The molecule has 1 aliphatic heterocycles. The molecule has 0 aliphatic carbocycles. The molecule has 1 amide bonds. The van der Waals surface area contributed by atoms with Crippen molar-refractivity contribution in [2.75, 3.05) is 32.8 Å².